The van der Waals surface area contributed by atoms with Crippen LogP contribution >= 0.6 is 23.5 Å². The maximum Gasteiger partial charge on any atom is 0.244 e. The van der Waals surface area contributed by atoms with Crippen molar-refractivity contribution in [2.24, 2.45) is 4.99 Å². The molecule has 5 heteroatoms. The number of thioether (sulfide) groups is 2. The van der Waals surface area contributed by atoms with Gasteiger partial charge in [0.05, 0.1) is 7.11 Å². The largest absolute Gasteiger partial charge is 0.497 e. The van der Waals surface area contributed by atoms with Crippen LogP contribution in [0.5, 0.6) is 5.75 Å². The van der Waals surface area contributed by atoms with E-state index in [1.807, 2.05) is 36.4 Å². The van der Waals surface area contributed by atoms with Gasteiger partial charge >= 0.3 is 0 Å². The maximum absolute atomic E-state index is 11.8. The molecule has 0 aliphatic carbocycles. The van der Waals surface area contributed by atoms with Gasteiger partial charge in [-0.2, -0.15) is 0 Å². The lowest BCUT2D eigenvalue weighted by atomic mass is 10.2. The van der Waals surface area contributed by atoms with E-state index in [1.54, 1.807) is 19.3 Å². The fourth-order valence-electron chi connectivity index (χ4n) is 1.56. The number of rotatable bonds is 5. The molecule has 0 atom stereocenters. The molecule has 0 bridgehead atoms. The smallest absolute Gasteiger partial charge is 0.244 e. The van der Waals surface area contributed by atoms with Gasteiger partial charge in [-0.1, -0.05) is 42.1 Å². The molecule has 3 nitrogen and oxygen atoms in total. The van der Waals surface area contributed by atoms with Crippen molar-refractivity contribution < 1.29 is 9.53 Å². The van der Waals surface area contributed by atoms with Gasteiger partial charge in [-0.25, -0.2) is 4.99 Å². The lowest BCUT2D eigenvalue weighted by Crippen LogP contribution is -1.87. The molecule has 1 aliphatic heterocycles. The van der Waals surface area contributed by atoms with E-state index in [-0.39, 0.29) is 5.12 Å². The van der Waals surface area contributed by atoms with Crippen LogP contribution in [0.2, 0.25) is 0 Å². The zero-order valence-corrected chi connectivity index (χ0v) is 13.2. The van der Waals surface area contributed by atoms with Gasteiger partial charge in [-0.3, -0.25) is 4.79 Å². The first-order valence-corrected chi connectivity index (χ1v) is 8.10. The SMILES string of the molecule is C=CCSC1=NC(=CC=Cc2ccc(OC)cc2)C(=O)S1. The lowest BCUT2D eigenvalue weighted by molar-refractivity contribution is -0.107. The summed E-state index contributed by atoms with van der Waals surface area (Å²) in [7, 11) is 1.64. The molecule has 0 unspecified atom stereocenters. The van der Waals surface area contributed by atoms with Crippen molar-refractivity contribution in [1.82, 2.24) is 0 Å². The molecule has 0 saturated carbocycles. The molecule has 0 saturated heterocycles. The molecule has 1 aromatic rings. The fourth-order valence-corrected chi connectivity index (χ4v) is 3.17. The van der Waals surface area contributed by atoms with Gasteiger partial charge in [0.1, 0.15) is 15.8 Å². The van der Waals surface area contributed by atoms with Gasteiger partial charge < -0.3 is 4.74 Å². The Labute approximate surface area is 132 Å². The van der Waals surface area contributed by atoms with Crippen molar-refractivity contribution in [1.29, 1.82) is 0 Å². The number of carbonyl (C=O) groups is 1. The van der Waals surface area contributed by atoms with Crippen LogP contribution in [0.4, 0.5) is 0 Å². The molecule has 0 radical (unpaired) electrons. The van der Waals surface area contributed by atoms with Gasteiger partial charge in [-0.15, -0.1) is 6.58 Å². The molecule has 0 N–H and O–H groups in total. The summed E-state index contributed by atoms with van der Waals surface area (Å²) in [5.74, 6) is 1.58. The molecule has 1 heterocycles. The Morgan fingerprint density at radius 2 is 2.14 bits per heavy atom. The number of ether oxygens (including phenoxy) is 1. The van der Waals surface area contributed by atoms with Crippen LogP contribution < -0.4 is 4.74 Å². The molecule has 0 spiro atoms. The van der Waals surface area contributed by atoms with E-state index in [0.717, 1.165) is 21.4 Å². The van der Waals surface area contributed by atoms with E-state index in [2.05, 4.69) is 11.6 Å². The second-order valence-electron chi connectivity index (χ2n) is 4.05. The number of benzene rings is 1. The molecule has 108 valence electrons. The fraction of sp³-hybridized carbons (Fsp3) is 0.125. The molecule has 2 rings (SSSR count). The third kappa shape index (κ3) is 4.65. The van der Waals surface area contributed by atoms with Gasteiger partial charge in [0.2, 0.25) is 5.12 Å². The monoisotopic (exact) mass is 317 g/mol. The minimum atomic E-state index is -0.0130. The van der Waals surface area contributed by atoms with Crippen molar-refractivity contribution in [2.45, 2.75) is 0 Å². The molecular weight excluding hydrogens is 302 g/mol. The Bertz CT molecular complexity index is 616. The van der Waals surface area contributed by atoms with Gasteiger partial charge in [0.25, 0.3) is 0 Å². The zero-order chi connectivity index (χ0) is 15.1. The number of carbonyl (C=O) groups excluding carboxylic acids is 1. The summed E-state index contributed by atoms with van der Waals surface area (Å²) in [5, 5.41) is -0.0130. The Kier molecular flexibility index (Phi) is 5.90. The molecule has 0 fully saturated rings. The average molecular weight is 317 g/mol. The van der Waals surface area contributed by atoms with Crippen molar-refractivity contribution >= 4 is 39.1 Å². The summed E-state index contributed by atoms with van der Waals surface area (Å²) < 4.78 is 5.88. The van der Waals surface area contributed by atoms with Crippen LogP contribution in [-0.4, -0.2) is 22.4 Å². The number of allylic oxidation sites excluding steroid dienone is 2. The van der Waals surface area contributed by atoms with Crippen LogP contribution in [0, 0.1) is 0 Å². The van der Waals surface area contributed by atoms with Gasteiger partial charge in [0.15, 0.2) is 0 Å². The van der Waals surface area contributed by atoms with E-state index in [0.29, 0.717) is 5.70 Å². The van der Waals surface area contributed by atoms with Gasteiger partial charge in [-0.05, 0) is 35.5 Å². The third-order valence-corrected chi connectivity index (χ3v) is 4.59. The van der Waals surface area contributed by atoms with Gasteiger partial charge in [0, 0.05) is 5.75 Å². The summed E-state index contributed by atoms with van der Waals surface area (Å²) in [6.45, 7) is 3.65. The van der Waals surface area contributed by atoms with Crippen molar-refractivity contribution in [3.8, 4) is 5.75 Å². The third-order valence-electron chi connectivity index (χ3n) is 2.58. The number of nitrogens with zero attached hydrogens (tertiary/aromatic N) is 1. The minimum absolute atomic E-state index is 0.0130. The Hall–Kier alpha value is -1.72. The van der Waals surface area contributed by atoms with Crippen LogP contribution in [-0.2, 0) is 4.79 Å². The Balaban J connectivity index is 2.02. The summed E-state index contributed by atoms with van der Waals surface area (Å²) in [6, 6.07) is 7.69. The van der Waals surface area contributed by atoms with Crippen LogP contribution in [0.25, 0.3) is 6.08 Å². The molecular formula is C16H15NO2S2. The first kappa shape index (κ1) is 15.7. The van der Waals surface area contributed by atoms with Crippen molar-refractivity contribution in [2.75, 3.05) is 12.9 Å². The molecule has 1 aromatic carbocycles. The number of methoxy groups -OCH3 is 1. The van der Waals surface area contributed by atoms with Crippen LogP contribution in [0.15, 0.2) is 59.8 Å². The second-order valence-corrected chi connectivity index (χ2v) is 6.28. The maximum atomic E-state index is 11.8. The van der Waals surface area contributed by atoms with E-state index >= 15 is 0 Å². The summed E-state index contributed by atoms with van der Waals surface area (Å²) in [6.07, 6.45) is 7.29. The second kappa shape index (κ2) is 7.90. The molecule has 0 aromatic heterocycles. The Morgan fingerprint density at radius 3 is 2.81 bits per heavy atom. The highest BCUT2D eigenvalue weighted by Gasteiger charge is 2.21. The highest BCUT2D eigenvalue weighted by atomic mass is 32.2. The topological polar surface area (TPSA) is 38.7 Å². The Morgan fingerprint density at radius 1 is 1.38 bits per heavy atom. The first-order valence-electron chi connectivity index (χ1n) is 6.30. The average Bonchev–Trinajstić information content (AvgIpc) is 2.86. The van der Waals surface area contributed by atoms with E-state index in [4.69, 9.17) is 4.74 Å². The molecule has 1 aliphatic rings. The predicted octanol–water partition coefficient (Wildman–Crippen LogP) is 4.14. The molecule has 0 amide bonds. The quantitative estimate of drug-likeness (QED) is 0.604. The van der Waals surface area contributed by atoms with E-state index in [1.165, 1.54) is 23.5 Å². The summed E-state index contributed by atoms with van der Waals surface area (Å²) in [4.78, 5) is 16.1. The predicted molar refractivity (Wildman–Crippen MR) is 92.8 cm³/mol. The summed E-state index contributed by atoms with van der Waals surface area (Å²) in [5.41, 5.74) is 1.52. The highest BCUT2D eigenvalue weighted by molar-refractivity contribution is 8.45. The van der Waals surface area contributed by atoms with E-state index in [9.17, 15) is 4.79 Å². The van der Waals surface area contributed by atoms with E-state index < -0.39 is 0 Å². The minimum Gasteiger partial charge on any atom is -0.497 e. The standard InChI is InChI=1S/C16H15NO2S2/c1-3-11-20-16-17-14(15(18)21-16)6-4-5-12-7-9-13(19-2)10-8-12/h3-10H,1,11H2,2H3. The highest BCUT2D eigenvalue weighted by Crippen LogP contribution is 2.29. The summed E-state index contributed by atoms with van der Waals surface area (Å²) >= 11 is 2.69. The number of hydrogen-bond acceptors (Lipinski definition) is 5. The van der Waals surface area contributed by atoms with Crippen LogP contribution in [0.1, 0.15) is 5.56 Å². The zero-order valence-electron chi connectivity index (χ0n) is 11.6. The van der Waals surface area contributed by atoms with Crippen molar-refractivity contribution in [3.63, 3.8) is 0 Å². The molecule has 21 heavy (non-hydrogen) atoms. The first-order chi connectivity index (χ1) is 10.2. The number of aliphatic imine (C=N–C) groups is 1. The number of hydrogen-bond donors (Lipinski definition) is 0. The lowest BCUT2D eigenvalue weighted by Gasteiger charge is -1.98. The normalized spacial score (nSPS) is 16.5. The van der Waals surface area contributed by atoms with Crippen molar-refractivity contribution in [3.05, 3.63) is 60.3 Å². The van der Waals surface area contributed by atoms with Crippen LogP contribution in [0.3, 0.4) is 0 Å².